The van der Waals surface area contributed by atoms with E-state index in [2.05, 4.69) is 0 Å². The van der Waals surface area contributed by atoms with Crippen molar-refractivity contribution in [3.8, 4) is 0 Å². The zero-order valence-corrected chi connectivity index (χ0v) is 10.6. The monoisotopic (exact) mass is 274 g/mol. The second-order valence-electron chi connectivity index (χ2n) is 4.38. The summed E-state index contributed by atoms with van der Waals surface area (Å²) in [6.45, 7) is 1.16. The van der Waals surface area contributed by atoms with Crippen molar-refractivity contribution in [1.29, 1.82) is 0 Å². The number of carbonyl (C=O) groups excluding carboxylic acids is 2. The lowest BCUT2D eigenvalue weighted by Crippen LogP contribution is -2.44. The summed E-state index contributed by atoms with van der Waals surface area (Å²) in [4.78, 5) is 22.0. The van der Waals surface area contributed by atoms with Crippen molar-refractivity contribution in [3.05, 3.63) is 12.0 Å². The molecule has 0 aromatic carbocycles. The van der Waals surface area contributed by atoms with Gasteiger partial charge in [-0.25, -0.2) is 0 Å². The van der Waals surface area contributed by atoms with Crippen molar-refractivity contribution in [2.24, 2.45) is 0 Å². The molecule has 1 aliphatic heterocycles. The van der Waals surface area contributed by atoms with Crippen LogP contribution in [0, 0.1) is 0 Å². The molecular weight excluding hydrogens is 256 g/mol. The molecule has 3 N–H and O–H groups in total. The molecule has 1 heterocycles. The van der Waals surface area contributed by atoms with Crippen molar-refractivity contribution in [2.75, 3.05) is 6.61 Å². The van der Waals surface area contributed by atoms with Gasteiger partial charge in [-0.05, 0) is 13.3 Å². The number of ether oxygens (including phenoxy) is 2. The minimum Gasteiger partial charge on any atom is -0.481 e. The summed E-state index contributed by atoms with van der Waals surface area (Å²) in [5, 5.41) is 28.0. The van der Waals surface area contributed by atoms with Crippen LogP contribution in [0.4, 0.5) is 0 Å². The Morgan fingerprint density at radius 3 is 2.68 bits per heavy atom. The third kappa shape index (κ3) is 5.27. The topological polar surface area (TPSA) is 113 Å². The minimum absolute atomic E-state index is 0.00276. The van der Waals surface area contributed by atoms with Gasteiger partial charge in [0.1, 0.15) is 24.6 Å². The van der Waals surface area contributed by atoms with Crippen LogP contribution in [0.15, 0.2) is 12.0 Å². The fourth-order valence-electron chi connectivity index (χ4n) is 1.59. The fourth-order valence-corrected chi connectivity index (χ4v) is 1.59. The smallest absolute Gasteiger partial charge is 0.305 e. The molecule has 0 radical (unpaired) electrons. The van der Waals surface area contributed by atoms with E-state index in [9.17, 15) is 19.8 Å². The number of Topliss-reactive ketones (excluding diaryl/α,β-unsaturated/α-hetero) is 1. The predicted octanol–water partition coefficient (Wildman–Crippen LogP) is -0.191. The van der Waals surface area contributed by atoms with Crippen LogP contribution in [-0.2, 0) is 19.1 Å². The zero-order chi connectivity index (χ0) is 14.4. The van der Waals surface area contributed by atoms with E-state index in [4.69, 9.17) is 14.6 Å². The first-order chi connectivity index (χ1) is 8.90. The fraction of sp³-hybridized carbons (Fsp3) is 0.667. The maximum absolute atomic E-state index is 11.3. The number of esters is 1. The number of hydrogen-bond donors (Lipinski definition) is 3. The highest BCUT2D eigenvalue weighted by Gasteiger charge is 2.33. The van der Waals surface area contributed by atoms with Crippen molar-refractivity contribution in [2.45, 2.75) is 44.5 Å². The zero-order valence-electron chi connectivity index (χ0n) is 10.6. The maximum atomic E-state index is 11.3. The second kappa shape index (κ2) is 7.10. The molecule has 108 valence electrons. The molecule has 7 nitrogen and oxygen atoms in total. The van der Waals surface area contributed by atoms with Gasteiger partial charge in [-0.1, -0.05) is 0 Å². The molecule has 0 bridgehead atoms. The van der Waals surface area contributed by atoms with Crippen molar-refractivity contribution < 1.29 is 34.4 Å². The molecule has 3 unspecified atom stereocenters. The molecule has 0 spiro atoms. The highest BCUT2D eigenvalue weighted by Crippen LogP contribution is 2.17. The lowest BCUT2D eigenvalue weighted by molar-refractivity contribution is -0.158. The normalized spacial score (nSPS) is 26.3. The molecule has 0 fully saturated rings. The third-order valence-corrected chi connectivity index (χ3v) is 2.63. The molecule has 0 aromatic rings. The van der Waals surface area contributed by atoms with Crippen LogP contribution < -0.4 is 0 Å². The van der Waals surface area contributed by atoms with E-state index in [-0.39, 0.29) is 18.8 Å². The van der Waals surface area contributed by atoms with Gasteiger partial charge in [0.15, 0.2) is 6.10 Å². The second-order valence-corrected chi connectivity index (χ2v) is 4.38. The minimum atomic E-state index is -1.28. The van der Waals surface area contributed by atoms with E-state index in [1.165, 1.54) is 6.92 Å². The lowest BCUT2D eigenvalue weighted by atomic mass is 10.1. The molecule has 0 saturated carbocycles. The Morgan fingerprint density at radius 1 is 1.37 bits per heavy atom. The van der Waals surface area contributed by atoms with Crippen molar-refractivity contribution >= 4 is 11.8 Å². The molecule has 1 aliphatic rings. The summed E-state index contributed by atoms with van der Waals surface area (Å²) >= 11 is 0. The van der Waals surface area contributed by atoms with E-state index in [0.717, 1.165) is 6.08 Å². The average Bonchev–Trinajstić information content (AvgIpc) is 2.31. The number of ketones is 1. The first-order valence-corrected chi connectivity index (χ1v) is 5.98. The molecule has 0 saturated heterocycles. The van der Waals surface area contributed by atoms with Crippen molar-refractivity contribution in [3.63, 3.8) is 0 Å². The molecule has 19 heavy (non-hydrogen) atoms. The van der Waals surface area contributed by atoms with Crippen LogP contribution in [-0.4, -0.2) is 52.0 Å². The van der Waals surface area contributed by atoms with Gasteiger partial charge in [0, 0.05) is 18.9 Å². The van der Waals surface area contributed by atoms with E-state index in [0.29, 0.717) is 12.8 Å². The highest BCUT2D eigenvalue weighted by molar-refractivity contribution is 5.76. The SMILES string of the molecule is CC(=O)CCCC(=O)OCC1OC(O)=CC(O)C1O. The lowest BCUT2D eigenvalue weighted by Gasteiger charge is -2.29. The van der Waals surface area contributed by atoms with Crippen LogP contribution in [0.1, 0.15) is 26.2 Å². The van der Waals surface area contributed by atoms with Gasteiger partial charge < -0.3 is 29.6 Å². The summed E-state index contributed by atoms with van der Waals surface area (Å²) in [6.07, 6.45) is -1.81. The van der Waals surface area contributed by atoms with Gasteiger partial charge in [-0.2, -0.15) is 0 Å². The molecular formula is C12H18O7. The Balaban J connectivity index is 2.30. The molecule has 0 aliphatic carbocycles. The Kier molecular flexibility index (Phi) is 5.78. The van der Waals surface area contributed by atoms with Gasteiger partial charge >= 0.3 is 5.97 Å². The number of rotatable bonds is 6. The summed E-state index contributed by atoms with van der Waals surface area (Å²) in [5.41, 5.74) is 0. The largest absolute Gasteiger partial charge is 0.481 e. The summed E-state index contributed by atoms with van der Waals surface area (Å²) in [7, 11) is 0. The number of hydrogen-bond acceptors (Lipinski definition) is 7. The first kappa shape index (κ1) is 15.5. The highest BCUT2D eigenvalue weighted by atomic mass is 16.6. The molecule has 7 heteroatoms. The quantitative estimate of drug-likeness (QED) is 0.575. The Bertz CT molecular complexity index is 363. The third-order valence-electron chi connectivity index (χ3n) is 2.63. The van der Waals surface area contributed by atoms with Crippen LogP contribution in [0.25, 0.3) is 0 Å². The Hall–Kier alpha value is -1.60. The molecule has 0 amide bonds. The first-order valence-electron chi connectivity index (χ1n) is 5.98. The average molecular weight is 274 g/mol. The van der Waals surface area contributed by atoms with Gasteiger partial charge in [-0.15, -0.1) is 0 Å². The Labute approximate surface area is 110 Å². The van der Waals surface area contributed by atoms with E-state index >= 15 is 0 Å². The standard InChI is InChI=1S/C12H18O7/c1-7(13)3-2-4-10(15)18-6-9-12(17)8(14)5-11(16)19-9/h5,8-9,12,14,16-17H,2-4,6H2,1H3. The van der Waals surface area contributed by atoms with Gasteiger partial charge in [0.05, 0.1) is 0 Å². The number of carbonyl (C=O) groups is 2. The van der Waals surface area contributed by atoms with E-state index < -0.39 is 30.2 Å². The maximum Gasteiger partial charge on any atom is 0.305 e. The Morgan fingerprint density at radius 2 is 2.05 bits per heavy atom. The van der Waals surface area contributed by atoms with Gasteiger partial charge in [-0.3, -0.25) is 4.79 Å². The molecule has 0 aromatic heterocycles. The number of aliphatic hydroxyl groups excluding tert-OH is 3. The molecule has 3 atom stereocenters. The van der Waals surface area contributed by atoms with Crippen LogP contribution in [0.3, 0.4) is 0 Å². The van der Waals surface area contributed by atoms with E-state index in [1.54, 1.807) is 0 Å². The van der Waals surface area contributed by atoms with Crippen LogP contribution in [0.2, 0.25) is 0 Å². The van der Waals surface area contributed by atoms with Crippen LogP contribution >= 0.6 is 0 Å². The summed E-state index contributed by atoms with van der Waals surface area (Å²) < 4.78 is 9.68. The summed E-state index contributed by atoms with van der Waals surface area (Å²) in [5.74, 6) is -1.05. The predicted molar refractivity (Wildman–Crippen MR) is 63.1 cm³/mol. The van der Waals surface area contributed by atoms with Crippen LogP contribution in [0.5, 0.6) is 0 Å². The van der Waals surface area contributed by atoms with Crippen molar-refractivity contribution in [1.82, 2.24) is 0 Å². The summed E-state index contributed by atoms with van der Waals surface area (Å²) in [6, 6.07) is 0. The van der Waals surface area contributed by atoms with Gasteiger partial charge in [0.2, 0.25) is 0 Å². The molecule has 1 rings (SSSR count). The van der Waals surface area contributed by atoms with E-state index in [1.807, 2.05) is 0 Å². The van der Waals surface area contributed by atoms with Gasteiger partial charge in [0.25, 0.3) is 5.95 Å². The number of aliphatic hydroxyl groups is 3.